The van der Waals surface area contributed by atoms with Crippen molar-refractivity contribution < 1.29 is 13.5 Å². The summed E-state index contributed by atoms with van der Waals surface area (Å²) in [5, 5.41) is 12.1. The van der Waals surface area contributed by atoms with Crippen LogP contribution in [0.3, 0.4) is 0 Å². The van der Waals surface area contributed by atoms with Crippen molar-refractivity contribution >= 4 is 10.0 Å². The third-order valence-electron chi connectivity index (χ3n) is 3.36. The highest BCUT2D eigenvalue weighted by Crippen LogP contribution is 2.22. The summed E-state index contributed by atoms with van der Waals surface area (Å²) in [5.41, 5.74) is 0.955. The summed E-state index contributed by atoms with van der Waals surface area (Å²) < 4.78 is 26.3. The molecule has 6 heteroatoms. The molecule has 0 aromatic heterocycles. The molecule has 5 nitrogen and oxygen atoms in total. The van der Waals surface area contributed by atoms with Gasteiger partial charge in [-0.05, 0) is 31.2 Å². The second-order valence-corrected chi connectivity index (χ2v) is 6.48. The Balaban J connectivity index is 3.16. The van der Waals surface area contributed by atoms with E-state index < -0.39 is 10.0 Å². The van der Waals surface area contributed by atoms with Crippen LogP contribution in [0.25, 0.3) is 0 Å². The Morgan fingerprint density at radius 1 is 1.35 bits per heavy atom. The summed E-state index contributed by atoms with van der Waals surface area (Å²) in [4.78, 5) is 0.277. The minimum atomic E-state index is -3.54. The summed E-state index contributed by atoms with van der Waals surface area (Å²) >= 11 is 0. The first-order chi connectivity index (χ1) is 9.51. The van der Waals surface area contributed by atoms with Crippen LogP contribution in [0.1, 0.15) is 31.9 Å². The molecule has 1 unspecified atom stereocenters. The summed E-state index contributed by atoms with van der Waals surface area (Å²) in [7, 11) is -1.68. The first-order valence-electron chi connectivity index (χ1n) is 6.89. The van der Waals surface area contributed by atoms with E-state index in [1.165, 1.54) is 4.31 Å². The molecule has 1 rings (SSSR count). The molecule has 0 radical (unpaired) electrons. The highest BCUT2D eigenvalue weighted by Gasteiger charge is 2.23. The first kappa shape index (κ1) is 17.1. The number of nitrogens with one attached hydrogen (secondary N) is 1. The zero-order chi connectivity index (χ0) is 15.2. The smallest absolute Gasteiger partial charge is 0.243 e. The fourth-order valence-corrected chi connectivity index (χ4v) is 3.70. The zero-order valence-electron chi connectivity index (χ0n) is 12.3. The Labute approximate surface area is 121 Å². The van der Waals surface area contributed by atoms with E-state index in [1.807, 2.05) is 20.0 Å². The van der Waals surface area contributed by atoms with Crippen LogP contribution in [-0.2, 0) is 10.0 Å². The lowest BCUT2D eigenvalue weighted by Gasteiger charge is -2.21. The fourth-order valence-electron chi connectivity index (χ4n) is 2.21. The lowest BCUT2D eigenvalue weighted by molar-refractivity contribution is 0.257. The van der Waals surface area contributed by atoms with Gasteiger partial charge in [-0.15, -0.1) is 0 Å². The molecule has 0 saturated heterocycles. The van der Waals surface area contributed by atoms with Crippen molar-refractivity contribution in [1.82, 2.24) is 9.62 Å². The maximum atomic E-state index is 12.5. The number of rotatable bonds is 8. The summed E-state index contributed by atoms with van der Waals surface area (Å²) in [6.07, 6.45) is 0.883. The van der Waals surface area contributed by atoms with E-state index in [0.717, 1.165) is 12.0 Å². The van der Waals surface area contributed by atoms with E-state index in [4.69, 9.17) is 5.11 Å². The highest BCUT2D eigenvalue weighted by molar-refractivity contribution is 7.89. The first-order valence-corrected chi connectivity index (χ1v) is 8.33. The van der Waals surface area contributed by atoms with Crippen LogP contribution in [0.5, 0.6) is 0 Å². The van der Waals surface area contributed by atoms with Gasteiger partial charge in [0.05, 0.1) is 11.5 Å². The predicted octanol–water partition coefficient (Wildman–Crippen LogP) is 1.36. The molecule has 0 aliphatic rings. The quantitative estimate of drug-likeness (QED) is 0.760. The SMILES string of the molecule is CCC(NC)c1cccc(S(=O)(=O)N(CC)CCO)c1. The molecule has 114 valence electrons. The number of aliphatic hydroxyl groups excluding tert-OH is 1. The van der Waals surface area contributed by atoms with Gasteiger partial charge in [-0.25, -0.2) is 8.42 Å². The van der Waals surface area contributed by atoms with Gasteiger partial charge in [0.15, 0.2) is 0 Å². The standard InChI is InChI=1S/C14H24N2O3S/c1-4-14(15-3)12-7-6-8-13(11-12)20(18,19)16(5-2)9-10-17/h6-8,11,14-15,17H,4-5,9-10H2,1-3H3. The maximum Gasteiger partial charge on any atom is 0.243 e. The van der Waals surface area contributed by atoms with Crippen LogP contribution in [-0.4, -0.2) is 44.6 Å². The van der Waals surface area contributed by atoms with Gasteiger partial charge >= 0.3 is 0 Å². The number of nitrogens with zero attached hydrogens (tertiary/aromatic N) is 1. The average Bonchev–Trinajstić information content (AvgIpc) is 2.46. The van der Waals surface area contributed by atoms with Gasteiger partial charge in [0.25, 0.3) is 0 Å². The Kier molecular flexibility index (Phi) is 6.61. The van der Waals surface area contributed by atoms with Crippen molar-refractivity contribution in [2.45, 2.75) is 31.2 Å². The van der Waals surface area contributed by atoms with Crippen LogP contribution in [0, 0.1) is 0 Å². The molecule has 0 aliphatic carbocycles. The topological polar surface area (TPSA) is 69.6 Å². The van der Waals surface area contributed by atoms with E-state index in [9.17, 15) is 8.42 Å². The van der Waals surface area contributed by atoms with E-state index in [2.05, 4.69) is 5.32 Å². The largest absolute Gasteiger partial charge is 0.395 e. The number of sulfonamides is 1. The monoisotopic (exact) mass is 300 g/mol. The minimum Gasteiger partial charge on any atom is -0.395 e. The molecule has 20 heavy (non-hydrogen) atoms. The molecule has 1 aromatic rings. The van der Waals surface area contributed by atoms with E-state index in [0.29, 0.717) is 6.54 Å². The summed E-state index contributed by atoms with van der Waals surface area (Å²) in [5.74, 6) is 0. The minimum absolute atomic E-state index is 0.117. The number of hydrogen-bond acceptors (Lipinski definition) is 4. The van der Waals surface area contributed by atoms with Gasteiger partial charge in [-0.1, -0.05) is 26.0 Å². The molecule has 0 saturated carbocycles. The molecule has 2 N–H and O–H groups in total. The van der Waals surface area contributed by atoms with Crippen molar-refractivity contribution in [2.75, 3.05) is 26.7 Å². The molecule has 0 fully saturated rings. The van der Waals surface area contributed by atoms with Crippen molar-refractivity contribution in [3.8, 4) is 0 Å². The second-order valence-electron chi connectivity index (χ2n) is 4.54. The third-order valence-corrected chi connectivity index (χ3v) is 5.33. The van der Waals surface area contributed by atoms with E-state index >= 15 is 0 Å². The van der Waals surface area contributed by atoms with Crippen LogP contribution >= 0.6 is 0 Å². The summed E-state index contributed by atoms with van der Waals surface area (Å²) in [6.45, 7) is 4.09. The normalized spacial score (nSPS) is 13.7. The lowest BCUT2D eigenvalue weighted by Crippen LogP contribution is -2.33. The molecule has 1 aromatic carbocycles. The van der Waals surface area contributed by atoms with Gasteiger partial charge in [0, 0.05) is 19.1 Å². The van der Waals surface area contributed by atoms with Gasteiger partial charge in [-0.2, -0.15) is 4.31 Å². The van der Waals surface area contributed by atoms with Crippen molar-refractivity contribution in [3.63, 3.8) is 0 Å². The molecule has 0 amide bonds. The number of benzene rings is 1. The zero-order valence-corrected chi connectivity index (χ0v) is 13.2. The van der Waals surface area contributed by atoms with Gasteiger partial charge in [0.1, 0.15) is 0 Å². The Bertz CT molecular complexity index is 513. The Morgan fingerprint density at radius 2 is 2.05 bits per heavy atom. The van der Waals surface area contributed by atoms with Crippen LogP contribution in [0.2, 0.25) is 0 Å². The van der Waals surface area contributed by atoms with Crippen molar-refractivity contribution in [2.24, 2.45) is 0 Å². The molecular formula is C14H24N2O3S. The van der Waals surface area contributed by atoms with E-state index in [-0.39, 0.29) is 24.1 Å². The number of aliphatic hydroxyl groups is 1. The maximum absolute atomic E-state index is 12.5. The van der Waals surface area contributed by atoms with Crippen molar-refractivity contribution in [3.05, 3.63) is 29.8 Å². The Morgan fingerprint density at radius 3 is 2.55 bits per heavy atom. The molecule has 0 aliphatic heterocycles. The van der Waals surface area contributed by atoms with Crippen molar-refractivity contribution in [1.29, 1.82) is 0 Å². The molecule has 0 spiro atoms. The molecule has 1 atom stereocenters. The van der Waals surface area contributed by atoms with Crippen LogP contribution < -0.4 is 5.32 Å². The average molecular weight is 300 g/mol. The molecule has 0 bridgehead atoms. The van der Waals surface area contributed by atoms with Gasteiger partial charge in [-0.3, -0.25) is 0 Å². The lowest BCUT2D eigenvalue weighted by atomic mass is 10.1. The number of likely N-dealkylation sites (N-methyl/N-ethyl adjacent to an activating group) is 1. The summed E-state index contributed by atoms with van der Waals surface area (Å²) in [6, 6.07) is 7.13. The second kappa shape index (κ2) is 7.73. The Hall–Kier alpha value is -0.950. The van der Waals surface area contributed by atoms with E-state index in [1.54, 1.807) is 25.1 Å². The number of hydrogen-bond donors (Lipinski definition) is 2. The van der Waals surface area contributed by atoms with Gasteiger partial charge < -0.3 is 10.4 Å². The van der Waals surface area contributed by atoms with Gasteiger partial charge in [0.2, 0.25) is 10.0 Å². The molecule has 0 heterocycles. The predicted molar refractivity (Wildman–Crippen MR) is 80.1 cm³/mol. The molecular weight excluding hydrogens is 276 g/mol. The van der Waals surface area contributed by atoms with Crippen LogP contribution in [0.15, 0.2) is 29.2 Å². The highest BCUT2D eigenvalue weighted by atomic mass is 32.2. The fraction of sp³-hybridized carbons (Fsp3) is 0.571. The third kappa shape index (κ3) is 3.79. The van der Waals surface area contributed by atoms with Crippen LogP contribution in [0.4, 0.5) is 0 Å².